The molecule has 14 heteroatoms. The summed E-state index contributed by atoms with van der Waals surface area (Å²) in [4.78, 5) is 44.8. The van der Waals surface area contributed by atoms with Crippen LogP contribution in [0, 0.1) is 12.3 Å². The van der Waals surface area contributed by atoms with E-state index in [0.717, 1.165) is 18.6 Å². The molecule has 0 spiro atoms. The monoisotopic (exact) mass is 558 g/mol. The van der Waals surface area contributed by atoms with Crippen LogP contribution in [-0.4, -0.2) is 53.3 Å². The number of aryl methyl sites for hydroxylation is 1. The Morgan fingerprint density at radius 2 is 2.00 bits per heavy atom. The molecule has 10 nitrogen and oxygen atoms in total. The summed E-state index contributed by atoms with van der Waals surface area (Å²) >= 11 is 5.88. The number of hydrogen-bond acceptors (Lipinski definition) is 7. The van der Waals surface area contributed by atoms with Gasteiger partial charge in [0.25, 0.3) is 0 Å². The number of benzene rings is 1. The van der Waals surface area contributed by atoms with E-state index in [1.807, 2.05) is 6.92 Å². The van der Waals surface area contributed by atoms with Gasteiger partial charge >= 0.3 is 6.18 Å². The molecule has 1 aliphatic heterocycles. The number of likely N-dealkylation sites (tertiary alicyclic amines) is 1. The lowest BCUT2D eigenvalue weighted by atomic mass is 10.0. The zero-order valence-electron chi connectivity index (χ0n) is 20.8. The molecule has 0 radical (unpaired) electrons. The molecule has 1 saturated heterocycles. The lowest BCUT2D eigenvalue weighted by Gasteiger charge is -2.27. The molecule has 3 N–H and O–H groups in total. The molecule has 0 bridgehead atoms. The van der Waals surface area contributed by atoms with Crippen LogP contribution in [0.2, 0.25) is 5.15 Å². The number of alkyl halides is 3. The van der Waals surface area contributed by atoms with Crippen LogP contribution in [-0.2, 0) is 22.3 Å². The van der Waals surface area contributed by atoms with Crippen molar-refractivity contribution in [3.8, 4) is 0 Å². The van der Waals surface area contributed by atoms with Crippen molar-refractivity contribution < 1.29 is 22.8 Å². The largest absolute Gasteiger partial charge is 0.416 e. The standard InChI is InChI=1S/C25H22ClF3N8O2/c1-11-3-12(25(27,28)29)4-13-19-21(30)32-10-33-22(19)36(20(11)13)9-18(38)37-14(5-24(2)6-15(24)37)23(39)35-17-8-31-7-16(26)34-17/h3-4,7-8,10,14-15H,5-6,9H2,1-2H3,(H2,30,32,33)(H,34,35,39)/t14-,15+,24-/m0/s1. The van der Waals surface area contributed by atoms with Gasteiger partial charge in [0, 0.05) is 11.4 Å². The molecule has 6 rings (SSSR count). The highest BCUT2D eigenvalue weighted by molar-refractivity contribution is 6.29. The second-order valence-corrected chi connectivity index (χ2v) is 10.7. The van der Waals surface area contributed by atoms with E-state index in [0.29, 0.717) is 17.5 Å². The highest BCUT2D eigenvalue weighted by Crippen LogP contribution is 2.59. The maximum absolute atomic E-state index is 13.8. The summed E-state index contributed by atoms with van der Waals surface area (Å²) in [5.41, 5.74) is 5.97. The first kappa shape index (κ1) is 25.3. The highest BCUT2D eigenvalue weighted by atomic mass is 35.5. The Labute approximate surface area is 224 Å². The van der Waals surface area contributed by atoms with Crippen LogP contribution >= 0.6 is 11.6 Å². The SMILES string of the molecule is Cc1cc(C(F)(F)F)cc2c3c(N)ncnc3n(CC(=O)N3[C@H](C(=O)Nc4cncc(Cl)n4)C[C@@]4(C)C[C@@H]34)c12. The number of nitrogens with two attached hydrogens (primary N) is 1. The van der Waals surface area contributed by atoms with Gasteiger partial charge < -0.3 is 20.5 Å². The van der Waals surface area contributed by atoms with Crippen molar-refractivity contribution in [2.75, 3.05) is 11.1 Å². The number of aromatic nitrogens is 5. The van der Waals surface area contributed by atoms with E-state index in [9.17, 15) is 22.8 Å². The van der Waals surface area contributed by atoms with Gasteiger partial charge in [0.05, 0.1) is 28.9 Å². The number of anilines is 2. The van der Waals surface area contributed by atoms with Crippen LogP contribution < -0.4 is 11.1 Å². The fourth-order valence-corrected chi connectivity index (χ4v) is 5.94. The smallest absolute Gasteiger partial charge is 0.383 e. The van der Waals surface area contributed by atoms with Crippen LogP contribution in [0.4, 0.5) is 24.8 Å². The van der Waals surface area contributed by atoms with Gasteiger partial charge in [-0.25, -0.2) is 15.0 Å². The summed E-state index contributed by atoms with van der Waals surface area (Å²) in [5.74, 6) is -0.621. The number of carbonyl (C=O) groups is 2. The number of hydrogen-bond donors (Lipinski definition) is 2. The molecule has 1 aliphatic carbocycles. The van der Waals surface area contributed by atoms with E-state index in [2.05, 4.69) is 25.3 Å². The molecule has 202 valence electrons. The van der Waals surface area contributed by atoms with Crippen LogP contribution in [0.25, 0.3) is 21.9 Å². The Hall–Kier alpha value is -4.00. The van der Waals surface area contributed by atoms with Gasteiger partial charge in [-0.2, -0.15) is 13.2 Å². The molecule has 39 heavy (non-hydrogen) atoms. The maximum atomic E-state index is 13.8. The third kappa shape index (κ3) is 4.11. The zero-order chi connectivity index (χ0) is 27.9. The third-order valence-corrected chi connectivity index (χ3v) is 7.84. The topological polar surface area (TPSA) is 132 Å². The molecule has 2 amide bonds. The highest BCUT2D eigenvalue weighted by Gasteiger charge is 2.64. The third-order valence-electron chi connectivity index (χ3n) is 7.65. The lowest BCUT2D eigenvalue weighted by molar-refractivity contribution is -0.138. The van der Waals surface area contributed by atoms with Crippen molar-refractivity contribution in [2.45, 2.75) is 51.5 Å². The maximum Gasteiger partial charge on any atom is 0.416 e. The fraction of sp³-hybridized carbons (Fsp3) is 0.360. The summed E-state index contributed by atoms with van der Waals surface area (Å²) in [6.45, 7) is 3.30. The first-order valence-electron chi connectivity index (χ1n) is 12.1. The molecular weight excluding hydrogens is 537 g/mol. The second kappa shape index (κ2) is 8.50. The van der Waals surface area contributed by atoms with E-state index in [-0.39, 0.29) is 57.1 Å². The van der Waals surface area contributed by atoms with E-state index >= 15 is 0 Å². The van der Waals surface area contributed by atoms with Crippen molar-refractivity contribution in [3.63, 3.8) is 0 Å². The minimum Gasteiger partial charge on any atom is -0.383 e. The van der Waals surface area contributed by atoms with Crippen LogP contribution in [0.15, 0.2) is 30.9 Å². The lowest BCUT2D eigenvalue weighted by Crippen LogP contribution is -2.46. The first-order valence-corrected chi connectivity index (χ1v) is 12.4. The van der Waals surface area contributed by atoms with Crippen molar-refractivity contribution in [1.82, 2.24) is 29.4 Å². The van der Waals surface area contributed by atoms with Gasteiger partial charge in [0.1, 0.15) is 35.5 Å². The summed E-state index contributed by atoms with van der Waals surface area (Å²) in [6, 6.07) is 1.12. The average Bonchev–Trinajstić information content (AvgIpc) is 3.25. The van der Waals surface area contributed by atoms with Crippen molar-refractivity contribution in [3.05, 3.63) is 47.1 Å². The zero-order valence-corrected chi connectivity index (χ0v) is 21.5. The van der Waals surface area contributed by atoms with E-state index in [4.69, 9.17) is 17.3 Å². The molecule has 3 aromatic heterocycles. The number of rotatable bonds is 4. The Morgan fingerprint density at radius 1 is 1.23 bits per heavy atom. The summed E-state index contributed by atoms with van der Waals surface area (Å²) in [5, 5.41) is 3.23. The van der Waals surface area contributed by atoms with Gasteiger partial charge in [-0.05, 0) is 42.9 Å². The molecule has 0 unspecified atom stereocenters. The van der Waals surface area contributed by atoms with Crippen molar-refractivity contribution >= 4 is 57.0 Å². The number of nitrogen functional groups attached to an aromatic ring is 1. The molecule has 4 heterocycles. The normalized spacial score (nSPS) is 22.4. The molecule has 4 aromatic rings. The van der Waals surface area contributed by atoms with Gasteiger partial charge in [0.15, 0.2) is 5.82 Å². The predicted molar refractivity (Wildman–Crippen MR) is 137 cm³/mol. The summed E-state index contributed by atoms with van der Waals surface area (Å²) in [7, 11) is 0. The van der Waals surface area contributed by atoms with Gasteiger partial charge in [-0.15, -0.1) is 0 Å². The minimum absolute atomic E-state index is 0.00532. The van der Waals surface area contributed by atoms with Crippen LogP contribution in [0.5, 0.6) is 0 Å². The number of nitrogens with one attached hydrogen (secondary N) is 1. The number of nitrogens with zero attached hydrogens (tertiary/aromatic N) is 6. The van der Waals surface area contributed by atoms with Gasteiger partial charge in [0.2, 0.25) is 11.8 Å². The molecule has 3 atom stereocenters. The predicted octanol–water partition coefficient (Wildman–Crippen LogP) is 3.96. The van der Waals surface area contributed by atoms with Crippen molar-refractivity contribution in [1.29, 1.82) is 0 Å². The number of amides is 2. The Morgan fingerprint density at radius 3 is 2.72 bits per heavy atom. The number of halogens is 4. The van der Waals surface area contributed by atoms with Crippen LogP contribution in [0.3, 0.4) is 0 Å². The Kier molecular flexibility index (Phi) is 5.51. The number of fused-ring (bicyclic) bond motifs is 4. The van der Waals surface area contributed by atoms with Gasteiger partial charge in [-0.3, -0.25) is 14.6 Å². The van der Waals surface area contributed by atoms with Crippen LogP contribution in [0.1, 0.15) is 30.9 Å². The summed E-state index contributed by atoms with van der Waals surface area (Å²) in [6.07, 6.45) is 0.518. The second-order valence-electron chi connectivity index (χ2n) is 10.3. The Balaban J connectivity index is 1.39. The quantitative estimate of drug-likeness (QED) is 0.387. The molecule has 1 aromatic carbocycles. The van der Waals surface area contributed by atoms with Crippen molar-refractivity contribution in [2.24, 2.45) is 5.41 Å². The summed E-state index contributed by atoms with van der Waals surface area (Å²) < 4.78 is 42.4. The molecule has 2 aliphatic rings. The van der Waals surface area contributed by atoms with E-state index < -0.39 is 23.7 Å². The Bertz CT molecular complexity index is 1690. The first-order chi connectivity index (χ1) is 18.4. The van der Waals surface area contributed by atoms with E-state index in [1.54, 1.807) is 9.47 Å². The average molecular weight is 559 g/mol. The van der Waals surface area contributed by atoms with Gasteiger partial charge in [-0.1, -0.05) is 18.5 Å². The minimum atomic E-state index is -4.58. The molecule has 2 fully saturated rings. The van der Waals surface area contributed by atoms with E-state index in [1.165, 1.54) is 25.6 Å². The fourth-order valence-electron chi connectivity index (χ4n) is 5.79. The molecule has 1 saturated carbocycles. The number of piperidine rings is 1. The molecular formula is C25H22ClF3N8O2. The number of carbonyl (C=O) groups excluding carboxylic acids is 2.